The molecule has 0 atom stereocenters. The summed E-state index contributed by atoms with van der Waals surface area (Å²) in [4.78, 5) is 22.8. The summed E-state index contributed by atoms with van der Waals surface area (Å²) >= 11 is 0. The van der Waals surface area contributed by atoms with E-state index < -0.39 is 0 Å². The number of likely N-dealkylation sites (tertiary alicyclic amines) is 1. The number of hydrogen-bond acceptors (Lipinski definition) is 7. The first-order valence-electron chi connectivity index (χ1n) is 11.2. The molecule has 0 unspecified atom stereocenters. The van der Waals surface area contributed by atoms with Crippen molar-refractivity contribution >= 4 is 33.7 Å². The van der Waals surface area contributed by atoms with Gasteiger partial charge in [0.05, 0.1) is 18.4 Å². The molecule has 1 aliphatic heterocycles. The lowest BCUT2D eigenvalue weighted by atomic mass is 9.96. The van der Waals surface area contributed by atoms with Gasteiger partial charge in [0.25, 0.3) is 0 Å². The quantitative estimate of drug-likeness (QED) is 0.520. The van der Waals surface area contributed by atoms with E-state index in [-0.39, 0.29) is 0 Å². The van der Waals surface area contributed by atoms with Crippen LogP contribution in [-0.4, -0.2) is 63.1 Å². The highest BCUT2D eigenvalue weighted by Crippen LogP contribution is 2.28. The third kappa shape index (κ3) is 3.86. The van der Waals surface area contributed by atoms with Gasteiger partial charge in [0.15, 0.2) is 11.5 Å². The molecule has 1 fully saturated rings. The van der Waals surface area contributed by atoms with Crippen molar-refractivity contribution in [1.29, 1.82) is 0 Å². The number of anilines is 2. The number of pyridine rings is 1. The second-order valence-electron chi connectivity index (χ2n) is 9.05. The topological polar surface area (TPSA) is 89.0 Å². The highest BCUT2D eigenvalue weighted by molar-refractivity contribution is 5.85. The Morgan fingerprint density at radius 1 is 1.12 bits per heavy atom. The number of nitrogen functional groups attached to an aromatic ring is 1. The smallest absolute Gasteiger partial charge is 0.165 e. The van der Waals surface area contributed by atoms with E-state index >= 15 is 0 Å². The molecule has 0 bridgehead atoms. The molecule has 8 nitrogen and oxygen atoms in total. The fourth-order valence-electron chi connectivity index (χ4n) is 4.74. The molecular weight excluding hydrogens is 400 g/mol. The molecule has 0 amide bonds. The average Bonchev–Trinajstić information content (AvgIpc) is 3.19. The molecule has 0 radical (unpaired) electrons. The first kappa shape index (κ1) is 20.6. The zero-order valence-electron chi connectivity index (χ0n) is 19.0. The van der Waals surface area contributed by atoms with E-state index in [1.807, 2.05) is 4.57 Å². The summed E-state index contributed by atoms with van der Waals surface area (Å²) in [7, 11) is 4.37. The Hall–Kier alpha value is -3.26. The fourth-order valence-corrected chi connectivity index (χ4v) is 4.74. The number of benzene rings is 1. The summed E-state index contributed by atoms with van der Waals surface area (Å²) in [6.07, 6.45) is 5.73. The Kier molecular flexibility index (Phi) is 5.38. The largest absolute Gasteiger partial charge is 0.382 e. The van der Waals surface area contributed by atoms with Gasteiger partial charge in [0.2, 0.25) is 0 Å². The standard InChI is InChI=1S/C24H30N8/c1-16-5-4-6-18-11-19(13-32-15-28-21-22(25)26-14-27-24(21)32)23(29-20(16)18)31(3)12-17-7-9-30(2)10-8-17/h4-6,11,14-15,17H,7-10,12-13H2,1-3H3,(H2,25,26,27). The molecule has 1 saturated heterocycles. The monoisotopic (exact) mass is 430 g/mol. The number of nitrogens with zero attached hydrogens (tertiary/aromatic N) is 7. The van der Waals surface area contributed by atoms with Gasteiger partial charge in [0, 0.05) is 24.5 Å². The third-order valence-corrected chi connectivity index (χ3v) is 6.61. The van der Waals surface area contributed by atoms with E-state index in [1.54, 1.807) is 6.33 Å². The van der Waals surface area contributed by atoms with E-state index in [1.165, 1.54) is 24.7 Å². The predicted octanol–water partition coefficient (Wildman–Crippen LogP) is 3.09. The third-order valence-electron chi connectivity index (χ3n) is 6.61. The molecule has 8 heteroatoms. The summed E-state index contributed by atoms with van der Waals surface area (Å²) in [5.74, 6) is 2.11. The second-order valence-corrected chi connectivity index (χ2v) is 9.05. The Bertz CT molecular complexity index is 1260. The predicted molar refractivity (Wildman–Crippen MR) is 129 cm³/mol. The van der Waals surface area contributed by atoms with Crippen LogP contribution in [0.15, 0.2) is 36.9 Å². The Morgan fingerprint density at radius 2 is 1.94 bits per heavy atom. The van der Waals surface area contributed by atoms with Crippen molar-refractivity contribution < 1.29 is 0 Å². The van der Waals surface area contributed by atoms with Crippen molar-refractivity contribution in [1.82, 2.24) is 29.4 Å². The van der Waals surface area contributed by atoms with Gasteiger partial charge in [-0.25, -0.2) is 19.9 Å². The maximum absolute atomic E-state index is 6.00. The van der Waals surface area contributed by atoms with Crippen LogP contribution >= 0.6 is 0 Å². The van der Waals surface area contributed by atoms with E-state index in [0.717, 1.165) is 47.6 Å². The highest BCUT2D eigenvalue weighted by atomic mass is 15.2. The summed E-state index contributed by atoms with van der Waals surface area (Å²) in [6.45, 7) is 6.08. The molecule has 2 N–H and O–H groups in total. The van der Waals surface area contributed by atoms with Crippen molar-refractivity contribution in [3.05, 3.63) is 48.0 Å². The number of aromatic nitrogens is 5. The fraction of sp³-hybridized carbons (Fsp3) is 0.417. The number of imidazole rings is 1. The van der Waals surface area contributed by atoms with Crippen LogP contribution in [-0.2, 0) is 6.54 Å². The summed E-state index contributed by atoms with van der Waals surface area (Å²) in [6, 6.07) is 8.60. The first-order chi connectivity index (χ1) is 15.5. The Labute approximate surface area is 188 Å². The molecule has 0 saturated carbocycles. The van der Waals surface area contributed by atoms with E-state index in [9.17, 15) is 0 Å². The van der Waals surface area contributed by atoms with Crippen LogP contribution in [0.3, 0.4) is 0 Å². The van der Waals surface area contributed by atoms with Gasteiger partial charge in [-0.2, -0.15) is 0 Å². The zero-order chi connectivity index (χ0) is 22.2. The van der Waals surface area contributed by atoms with Crippen LogP contribution in [0.25, 0.3) is 22.1 Å². The maximum Gasteiger partial charge on any atom is 0.165 e. The normalized spacial score (nSPS) is 15.6. The highest BCUT2D eigenvalue weighted by Gasteiger charge is 2.21. The van der Waals surface area contributed by atoms with Crippen molar-refractivity contribution in [3.63, 3.8) is 0 Å². The van der Waals surface area contributed by atoms with Gasteiger partial charge < -0.3 is 20.1 Å². The van der Waals surface area contributed by atoms with Crippen molar-refractivity contribution in [2.24, 2.45) is 5.92 Å². The number of para-hydroxylation sites is 1. The summed E-state index contributed by atoms with van der Waals surface area (Å²) < 4.78 is 2.03. The summed E-state index contributed by atoms with van der Waals surface area (Å²) in [5.41, 5.74) is 10.8. The van der Waals surface area contributed by atoms with E-state index in [0.29, 0.717) is 23.8 Å². The molecule has 0 aliphatic carbocycles. The minimum atomic E-state index is 0.403. The molecule has 166 valence electrons. The zero-order valence-corrected chi connectivity index (χ0v) is 19.0. The Balaban J connectivity index is 1.53. The number of hydrogen-bond donors (Lipinski definition) is 1. The molecule has 32 heavy (non-hydrogen) atoms. The van der Waals surface area contributed by atoms with Gasteiger partial charge in [-0.15, -0.1) is 0 Å². The maximum atomic E-state index is 6.00. The van der Waals surface area contributed by atoms with Crippen LogP contribution in [0, 0.1) is 12.8 Å². The van der Waals surface area contributed by atoms with Crippen LogP contribution in [0.2, 0.25) is 0 Å². The Morgan fingerprint density at radius 3 is 2.75 bits per heavy atom. The SMILES string of the molecule is Cc1cccc2cc(Cn3cnc4c(N)ncnc43)c(N(C)CC3CCN(C)CC3)nc12. The van der Waals surface area contributed by atoms with Crippen molar-refractivity contribution in [2.45, 2.75) is 26.3 Å². The molecule has 1 aromatic carbocycles. The summed E-state index contributed by atoms with van der Waals surface area (Å²) in [5, 5.41) is 1.15. The van der Waals surface area contributed by atoms with Crippen LogP contribution in [0.5, 0.6) is 0 Å². The molecule has 5 rings (SSSR count). The van der Waals surface area contributed by atoms with Gasteiger partial charge in [-0.1, -0.05) is 18.2 Å². The minimum absolute atomic E-state index is 0.403. The van der Waals surface area contributed by atoms with E-state index in [4.69, 9.17) is 10.7 Å². The molecule has 4 aromatic rings. The number of aryl methyl sites for hydroxylation is 1. The minimum Gasteiger partial charge on any atom is -0.382 e. The number of rotatable bonds is 5. The lowest BCUT2D eigenvalue weighted by molar-refractivity contribution is 0.222. The van der Waals surface area contributed by atoms with Gasteiger partial charge in [0.1, 0.15) is 17.7 Å². The molecule has 4 heterocycles. The molecule has 0 spiro atoms. The number of piperidine rings is 1. The molecule has 3 aromatic heterocycles. The lowest BCUT2D eigenvalue weighted by Gasteiger charge is -2.32. The molecular formula is C24H30N8. The van der Waals surface area contributed by atoms with Gasteiger partial charge in [-0.3, -0.25) is 0 Å². The van der Waals surface area contributed by atoms with E-state index in [2.05, 4.69) is 70.0 Å². The van der Waals surface area contributed by atoms with Crippen LogP contribution in [0.1, 0.15) is 24.0 Å². The van der Waals surface area contributed by atoms with Crippen molar-refractivity contribution in [2.75, 3.05) is 44.4 Å². The number of nitrogens with two attached hydrogens (primary N) is 1. The average molecular weight is 431 g/mol. The van der Waals surface area contributed by atoms with Gasteiger partial charge in [-0.05, 0) is 57.5 Å². The van der Waals surface area contributed by atoms with Crippen molar-refractivity contribution in [3.8, 4) is 0 Å². The molecule has 1 aliphatic rings. The lowest BCUT2D eigenvalue weighted by Crippen LogP contribution is -2.36. The first-order valence-corrected chi connectivity index (χ1v) is 11.2. The van der Waals surface area contributed by atoms with Gasteiger partial charge >= 0.3 is 0 Å². The van der Waals surface area contributed by atoms with Crippen LogP contribution < -0.4 is 10.6 Å². The number of fused-ring (bicyclic) bond motifs is 2. The second kappa shape index (κ2) is 8.35. The van der Waals surface area contributed by atoms with Crippen LogP contribution in [0.4, 0.5) is 11.6 Å².